The molecule has 0 aliphatic carbocycles. The Morgan fingerprint density at radius 3 is 2.58 bits per heavy atom. The molecule has 0 saturated heterocycles. The first-order chi connectivity index (χ1) is 8.93. The van der Waals surface area contributed by atoms with Crippen molar-refractivity contribution in [1.29, 1.82) is 0 Å². The van der Waals surface area contributed by atoms with Crippen LogP contribution in [0.15, 0.2) is 18.2 Å². The van der Waals surface area contributed by atoms with Crippen LogP contribution in [0.2, 0.25) is 0 Å². The highest BCUT2D eigenvalue weighted by Gasteiger charge is 2.11. The molecule has 0 fully saturated rings. The number of carbonyl (C=O) groups is 2. The van der Waals surface area contributed by atoms with E-state index in [-0.39, 0.29) is 29.8 Å². The van der Waals surface area contributed by atoms with E-state index in [4.69, 9.17) is 4.74 Å². The molecule has 0 aliphatic rings. The SMILES string of the molecule is COc1ccc(C(=O)NCC(=O)NC(C)C)cc1F. The smallest absolute Gasteiger partial charge is 0.251 e. The van der Waals surface area contributed by atoms with E-state index < -0.39 is 11.7 Å². The van der Waals surface area contributed by atoms with Crippen molar-refractivity contribution in [1.82, 2.24) is 10.6 Å². The Bertz CT molecular complexity index is 475. The van der Waals surface area contributed by atoms with E-state index in [2.05, 4.69) is 10.6 Å². The molecule has 0 heterocycles. The van der Waals surface area contributed by atoms with E-state index in [0.29, 0.717) is 0 Å². The maximum atomic E-state index is 13.4. The quantitative estimate of drug-likeness (QED) is 0.840. The number of amides is 2. The van der Waals surface area contributed by atoms with Crippen LogP contribution in [0.4, 0.5) is 4.39 Å². The second-order valence-corrected chi connectivity index (χ2v) is 4.25. The molecule has 0 unspecified atom stereocenters. The van der Waals surface area contributed by atoms with Gasteiger partial charge in [-0.25, -0.2) is 4.39 Å². The Balaban J connectivity index is 2.59. The number of carbonyl (C=O) groups excluding carboxylic acids is 2. The Labute approximate surface area is 111 Å². The number of methoxy groups -OCH3 is 1. The van der Waals surface area contributed by atoms with Crippen molar-refractivity contribution in [3.8, 4) is 5.75 Å². The van der Waals surface area contributed by atoms with Gasteiger partial charge in [-0.1, -0.05) is 0 Å². The molecule has 2 N–H and O–H groups in total. The van der Waals surface area contributed by atoms with E-state index in [1.54, 1.807) is 0 Å². The summed E-state index contributed by atoms with van der Waals surface area (Å²) in [5.74, 6) is -1.37. The van der Waals surface area contributed by atoms with Crippen molar-refractivity contribution >= 4 is 11.8 Å². The van der Waals surface area contributed by atoms with Gasteiger partial charge >= 0.3 is 0 Å². The lowest BCUT2D eigenvalue weighted by molar-refractivity contribution is -0.120. The summed E-state index contributed by atoms with van der Waals surface area (Å²) in [6.07, 6.45) is 0. The number of benzene rings is 1. The summed E-state index contributed by atoms with van der Waals surface area (Å²) in [4.78, 5) is 23.0. The fourth-order valence-corrected chi connectivity index (χ4v) is 1.44. The van der Waals surface area contributed by atoms with Crippen molar-refractivity contribution in [3.05, 3.63) is 29.6 Å². The highest BCUT2D eigenvalue weighted by molar-refractivity contribution is 5.96. The van der Waals surface area contributed by atoms with Crippen LogP contribution in [0, 0.1) is 5.82 Å². The van der Waals surface area contributed by atoms with Crippen LogP contribution >= 0.6 is 0 Å². The number of halogens is 1. The molecule has 1 rings (SSSR count). The van der Waals surface area contributed by atoms with Gasteiger partial charge in [0.15, 0.2) is 11.6 Å². The molecule has 0 saturated carbocycles. The van der Waals surface area contributed by atoms with Crippen molar-refractivity contribution in [2.45, 2.75) is 19.9 Å². The Morgan fingerprint density at radius 2 is 2.05 bits per heavy atom. The van der Waals surface area contributed by atoms with Crippen molar-refractivity contribution in [2.75, 3.05) is 13.7 Å². The minimum atomic E-state index is -0.623. The minimum Gasteiger partial charge on any atom is -0.494 e. The van der Waals surface area contributed by atoms with Crippen LogP contribution in [-0.2, 0) is 4.79 Å². The highest BCUT2D eigenvalue weighted by Crippen LogP contribution is 2.17. The normalized spacial score (nSPS) is 10.2. The van der Waals surface area contributed by atoms with Crippen LogP contribution in [0.5, 0.6) is 5.75 Å². The fourth-order valence-electron chi connectivity index (χ4n) is 1.44. The van der Waals surface area contributed by atoms with E-state index in [0.717, 1.165) is 6.07 Å². The van der Waals surface area contributed by atoms with Gasteiger partial charge in [0.05, 0.1) is 13.7 Å². The van der Waals surface area contributed by atoms with Gasteiger partial charge in [-0.2, -0.15) is 0 Å². The molecular weight excluding hydrogens is 251 g/mol. The van der Waals surface area contributed by atoms with Crippen LogP contribution in [0.25, 0.3) is 0 Å². The van der Waals surface area contributed by atoms with E-state index in [9.17, 15) is 14.0 Å². The van der Waals surface area contributed by atoms with Gasteiger partial charge in [-0.3, -0.25) is 9.59 Å². The summed E-state index contributed by atoms with van der Waals surface area (Å²) in [7, 11) is 1.34. The zero-order valence-electron chi connectivity index (χ0n) is 11.1. The zero-order chi connectivity index (χ0) is 14.4. The van der Waals surface area contributed by atoms with Gasteiger partial charge in [0, 0.05) is 11.6 Å². The minimum absolute atomic E-state index is 0.00262. The van der Waals surface area contributed by atoms with Gasteiger partial charge in [0.25, 0.3) is 5.91 Å². The average Bonchev–Trinajstić information content (AvgIpc) is 2.35. The monoisotopic (exact) mass is 268 g/mol. The molecule has 0 spiro atoms. The summed E-state index contributed by atoms with van der Waals surface area (Å²) >= 11 is 0. The summed E-state index contributed by atoms with van der Waals surface area (Å²) in [5.41, 5.74) is 0.135. The molecule has 5 nitrogen and oxygen atoms in total. The zero-order valence-corrected chi connectivity index (χ0v) is 11.1. The second kappa shape index (κ2) is 6.72. The highest BCUT2D eigenvalue weighted by atomic mass is 19.1. The topological polar surface area (TPSA) is 67.4 Å². The van der Waals surface area contributed by atoms with E-state index >= 15 is 0 Å². The summed E-state index contributed by atoms with van der Waals surface area (Å²) in [6.45, 7) is 3.49. The van der Waals surface area contributed by atoms with Crippen molar-refractivity contribution < 1.29 is 18.7 Å². The number of ether oxygens (including phenoxy) is 1. The van der Waals surface area contributed by atoms with Crippen molar-refractivity contribution in [2.24, 2.45) is 0 Å². The van der Waals surface area contributed by atoms with Gasteiger partial charge in [0.2, 0.25) is 5.91 Å². The van der Waals surface area contributed by atoms with Crippen LogP contribution in [0.3, 0.4) is 0 Å². The first-order valence-corrected chi connectivity index (χ1v) is 5.85. The molecular formula is C13H17FN2O3. The standard InChI is InChI=1S/C13H17FN2O3/c1-8(2)16-12(17)7-15-13(18)9-4-5-11(19-3)10(14)6-9/h4-6,8H,7H2,1-3H3,(H,15,18)(H,16,17). The number of hydrogen-bond acceptors (Lipinski definition) is 3. The van der Waals surface area contributed by atoms with Crippen LogP contribution in [-0.4, -0.2) is 31.5 Å². The van der Waals surface area contributed by atoms with Crippen LogP contribution < -0.4 is 15.4 Å². The lowest BCUT2D eigenvalue weighted by Gasteiger charge is -2.09. The third-order valence-electron chi connectivity index (χ3n) is 2.27. The lowest BCUT2D eigenvalue weighted by atomic mass is 10.2. The molecule has 6 heteroatoms. The molecule has 1 aromatic carbocycles. The first-order valence-electron chi connectivity index (χ1n) is 5.85. The molecule has 0 atom stereocenters. The van der Waals surface area contributed by atoms with Gasteiger partial charge in [0.1, 0.15) is 0 Å². The third kappa shape index (κ3) is 4.57. The molecule has 2 amide bonds. The average molecular weight is 268 g/mol. The summed E-state index contributed by atoms with van der Waals surface area (Å²) in [5, 5.41) is 5.04. The third-order valence-corrected chi connectivity index (χ3v) is 2.27. The predicted molar refractivity (Wildman–Crippen MR) is 68.6 cm³/mol. The number of nitrogens with one attached hydrogen (secondary N) is 2. The van der Waals surface area contributed by atoms with Crippen molar-refractivity contribution in [3.63, 3.8) is 0 Å². The summed E-state index contributed by atoms with van der Waals surface area (Å²) < 4.78 is 18.1. The van der Waals surface area contributed by atoms with E-state index in [1.165, 1.54) is 19.2 Å². The molecule has 0 aromatic heterocycles. The van der Waals surface area contributed by atoms with Gasteiger partial charge in [-0.15, -0.1) is 0 Å². The molecule has 0 aliphatic heterocycles. The fraction of sp³-hybridized carbons (Fsp3) is 0.385. The Kier molecular flexibility index (Phi) is 5.29. The molecule has 19 heavy (non-hydrogen) atoms. The molecule has 0 radical (unpaired) electrons. The second-order valence-electron chi connectivity index (χ2n) is 4.25. The predicted octanol–water partition coefficient (Wildman–Crippen LogP) is 1.09. The lowest BCUT2D eigenvalue weighted by Crippen LogP contribution is -2.39. The summed E-state index contributed by atoms with van der Waals surface area (Å²) in [6, 6.07) is 3.85. The molecule has 0 bridgehead atoms. The largest absolute Gasteiger partial charge is 0.494 e. The Hall–Kier alpha value is -2.11. The molecule has 104 valence electrons. The maximum absolute atomic E-state index is 13.4. The van der Waals surface area contributed by atoms with Gasteiger partial charge < -0.3 is 15.4 Å². The van der Waals surface area contributed by atoms with E-state index in [1.807, 2.05) is 13.8 Å². The van der Waals surface area contributed by atoms with Gasteiger partial charge in [-0.05, 0) is 32.0 Å². The maximum Gasteiger partial charge on any atom is 0.251 e. The Morgan fingerprint density at radius 1 is 1.37 bits per heavy atom. The molecule has 1 aromatic rings. The first kappa shape index (κ1) is 14.9. The van der Waals surface area contributed by atoms with Crippen LogP contribution in [0.1, 0.15) is 24.2 Å². The number of hydrogen-bond donors (Lipinski definition) is 2. The number of rotatable bonds is 5.